The number of alkyl halides is 3. The number of nitrogens with zero attached hydrogens (tertiary/aromatic N) is 1. The number of aryl methyl sites for hydroxylation is 1. The highest BCUT2D eigenvalue weighted by Gasteiger charge is 2.34. The third-order valence-corrected chi connectivity index (χ3v) is 4.29. The third kappa shape index (κ3) is 3.88. The number of hydrogen-bond donors (Lipinski definition) is 1. The number of carbonyl (C=O) groups is 1. The molecular formula is C18H13F3N2OS. The van der Waals surface area contributed by atoms with Crippen LogP contribution in [-0.2, 0) is 6.18 Å². The summed E-state index contributed by atoms with van der Waals surface area (Å²) in [6.45, 7) is 1.88. The maximum Gasteiger partial charge on any atom is 0.417 e. The minimum Gasteiger partial charge on any atom is -0.322 e. The number of carbonyl (C=O) groups excluding carboxylic acids is 1. The molecule has 0 atom stereocenters. The van der Waals surface area contributed by atoms with E-state index < -0.39 is 23.2 Å². The maximum atomic E-state index is 13.0. The van der Waals surface area contributed by atoms with Crippen molar-refractivity contribution < 1.29 is 18.0 Å². The Morgan fingerprint density at radius 3 is 2.56 bits per heavy atom. The van der Waals surface area contributed by atoms with Crippen LogP contribution in [0.2, 0.25) is 0 Å². The zero-order valence-corrected chi connectivity index (χ0v) is 13.9. The van der Waals surface area contributed by atoms with E-state index in [4.69, 9.17) is 0 Å². The van der Waals surface area contributed by atoms with E-state index in [0.29, 0.717) is 5.69 Å². The van der Waals surface area contributed by atoms with Gasteiger partial charge in [-0.15, -0.1) is 11.3 Å². The van der Waals surface area contributed by atoms with Gasteiger partial charge in [-0.2, -0.15) is 13.2 Å². The summed E-state index contributed by atoms with van der Waals surface area (Å²) in [5.74, 6) is -0.806. The number of benzene rings is 2. The SMILES string of the molecule is Cc1nc(-c2cccc(NC(=O)c3ccccc3C(F)(F)F)c2)cs1. The van der Waals surface area contributed by atoms with E-state index in [1.807, 2.05) is 18.4 Å². The highest BCUT2D eigenvalue weighted by molar-refractivity contribution is 7.09. The van der Waals surface area contributed by atoms with Gasteiger partial charge in [-0.1, -0.05) is 24.3 Å². The number of thiazole rings is 1. The second-order valence-corrected chi connectivity index (χ2v) is 6.39. The number of aromatic nitrogens is 1. The quantitative estimate of drug-likeness (QED) is 0.679. The van der Waals surface area contributed by atoms with Crippen LogP contribution in [-0.4, -0.2) is 10.9 Å². The van der Waals surface area contributed by atoms with E-state index in [0.717, 1.165) is 28.4 Å². The molecule has 2 aromatic carbocycles. The molecule has 0 bridgehead atoms. The van der Waals surface area contributed by atoms with E-state index in [9.17, 15) is 18.0 Å². The molecule has 3 nitrogen and oxygen atoms in total. The minimum atomic E-state index is -4.59. The summed E-state index contributed by atoms with van der Waals surface area (Å²) in [6.07, 6.45) is -4.59. The van der Waals surface area contributed by atoms with E-state index in [2.05, 4.69) is 10.3 Å². The van der Waals surface area contributed by atoms with Crippen LogP contribution in [0, 0.1) is 6.92 Å². The number of halogens is 3. The first-order valence-electron chi connectivity index (χ1n) is 7.35. The van der Waals surface area contributed by atoms with Crippen LogP contribution in [0.4, 0.5) is 18.9 Å². The fourth-order valence-corrected chi connectivity index (χ4v) is 3.00. The fourth-order valence-electron chi connectivity index (χ4n) is 2.38. The maximum absolute atomic E-state index is 13.0. The Balaban J connectivity index is 1.88. The van der Waals surface area contributed by atoms with Gasteiger partial charge in [0.25, 0.3) is 5.91 Å². The highest BCUT2D eigenvalue weighted by Crippen LogP contribution is 2.32. The van der Waals surface area contributed by atoms with Gasteiger partial charge < -0.3 is 5.32 Å². The second kappa shape index (κ2) is 6.68. The molecule has 128 valence electrons. The van der Waals surface area contributed by atoms with Crippen LogP contribution in [0.15, 0.2) is 53.9 Å². The largest absolute Gasteiger partial charge is 0.417 e. The van der Waals surface area contributed by atoms with Crippen molar-refractivity contribution in [2.45, 2.75) is 13.1 Å². The predicted molar refractivity (Wildman–Crippen MR) is 91.7 cm³/mol. The Kier molecular flexibility index (Phi) is 4.59. The molecule has 1 N–H and O–H groups in total. The van der Waals surface area contributed by atoms with E-state index in [-0.39, 0.29) is 0 Å². The number of anilines is 1. The molecule has 0 aliphatic carbocycles. The Morgan fingerprint density at radius 2 is 1.88 bits per heavy atom. The lowest BCUT2D eigenvalue weighted by Crippen LogP contribution is -2.18. The Morgan fingerprint density at radius 1 is 1.12 bits per heavy atom. The zero-order chi connectivity index (χ0) is 18.0. The number of hydrogen-bond acceptors (Lipinski definition) is 3. The summed E-state index contributed by atoms with van der Waals surface area (Å²) in [7, 11) is 0. The molecule has 0 aliphatic heterocycles. The first-order valence-corrected chi connectivity index (χ1v) is 8.23. The summed E-state index contributed by atoms with van der Waals surface area (Å²) in [5.41, 5.74) is 0.578. The molecule has 7 heteroatoms. The van der Waals surface area contributed by atoms with Gasteiger partial charge in [0.15, 0.2) is 0 Å². The Hall–Kier alpha value is -2.67. The fraction of sp³-hybridized carbons (Fsp3) is 0.111. The smallest absolute Gasteiger partial charge is 0.322 e. The lowest BCUT2D eigenvalue weighted by atomic mass is 10.1. The first-order chi connectivity index (χ1) is 11.8. The highest BCUT2D eigenvalue weighted by atomic mass is 32.1. The van der Waals surface area contributed by atoms with Crippen molar-refractivity contribution in [3.05, 3.63) is 70.0 Å². The summed E-state index contributed by atoms with van der Waals surface area (Å²) in [5, 5.41) is 5.31. The predicted octanol–water partition coefficient (Wildman–Crippen LogP) is 5.39. The number of nitrogens with one attached hydrogen (secondary N) is 1. The monoisotopic (exact) mass is 362 g/mol. The summed E-state index contributed by atoms with van der Waals surface area (Å²) in [4.78, 5) is 16.7. The first kappa shape index (κ1) is 17.2. The van der Waals surface area contributed by atoms with Crippen LogP contribution in [0.5, 0.6) is 0 Å². The second-order valence-electron chi connectivity index (χ2n) is 5.33. The normalized spacial score (nSPS) is 11.4. The van der Waals surface area contributed by atoms with Gasteiger partial charge in [0.05, 0.1) is 21.8 Å². The standard InChI is InChI=1S/C18H13F3N2OS/c1-11-22-16(10-25-11)12-5-4-6-13(9-12)23-17(24)14-7-2-3-8-15(14)18(19,20)21/h2-10H,1H3,(H,23,24). The van der Waals surface area contributed by atoms with Gasteiger partial charge in [-0.05, 0) is 31.2 Å². The molecule has 0 saturated heterocycles. The van der Waals surface area contributed by atoms with Gasteiger partial charge in [-0.3, -0.25) is 4.79 Å². The molecule has 0 radical (unpaired) electrons. The van der Waals surface area contributed by atoms with Crippen molar-refractivity contribution in [1.29, 1.82) is 0 Å². The van der Waals surface area contributed by atoms with Gasteiger partial charge in [-0.25, -0.2) is 4.98 Å². The molecular weight excluding hydrogens is 349 g/mol. The van der Waals surface area contributed by atoms with Crippen molar-refractivity contribution >= 4 is 22.9 Å². The molecule has 1 aromatic heterocycles. The lowest BCUT2D eigenvalue weighted by molar-refractivity contribution is -0.137. The third-order valence-electron chi connectivity index (χ3n) is 3.51. The average Bonchev–Trinajstić information content (AvgIpc) is 3.01. The molecule has 25 heavy (non-hydrogen) atoms. The molecule has 3 aromatic rings. The molecule has 0 aliphatic rings. The molecule has 1 heterocycles. The molecule has 0 saturated carbocycles. The van der Waals surface area contributed by atoms with Gasteiger partial charge >= 0.3 is 6.18 Å². The summed E-state index contributed by atoms with van der Waals surface area (Å²) < 4.78 is 39.1. The minimum absolute atomic E-state index is 0.408. The molecule has 3 rings (SSSR count). The van der Waals surface area contributed by atoms with Crippen molar-refractivity contribution in [3.63, 3.8) is 0 Å². The van der Waals surface area contributed by atoms with E-state index >= 15 is 0 Å². The topological polar surface area (TPSA) is 42.0 Å². The molecule has 0 unspecified atom stereocenters. The Bertz CT molecular complexity index is 918. The van der Waals surface area contributed by atoms with Crippen molar-refractivity contribution in [1.82, 2.24) is 4.98 Å². The Labute approximate surface area is 146 Å². The summed E-state index contributed by atoms with van der Waals surface area (Å²) in [6, 6.07) is 11.6. The van der Waals surface area contributed by atoms with Crippen molar-refractivity contribution in [2.24, 2.45) is 0 Å². The molecule has 1 amide bonds. The van der Waals surface area contributed by atoms with Crippen LogP contribution in [0.25, 0.3) is 11.3 Å². The van der Waals surface area contributed by atoms with Crippen LogP contribution in [0.1, 0.15) is 20.9 Å². The average molecular weight is 362 g/mol. The van der Waals surface area contributed by atoms with Gasteiger partial charge in [0.1, 0.15) is 0 Å². The van der Waals surface area contributed by atoms with Crippen LogP contribution in [0.3, 0.4) is 0 Å². The van der Waals surface area contributed by atoms with Crippen LogP contribution < -0.4 is 5.32 Å². The van der Waals surface area contributed by atoms with Crippen molar-refractivity contribution in [2.75, 3.05) is 5.32 Å². The molecule has 0 spiro atoms. The van der Waals surface area contributed by atoms with Crippen molar-refractivity contribution in [3.8, 4) is 11.3 Å². The summed E-state index contributed by atoms with van der Waals surface area (Å²) >= 11 is 1.50. The van der Waals surface area contributed by atoms with Gasteiger partial charge in [0.2, 0.25) is 0 Å². The van der Waals surface area contributed by atoms with Gasteiger partial charge in [0, 0.05) is 16.6 Å². The van der Waals surface area contributed by atoms with E-state index in [1.165, 1.54) is 23.5 Å². The van der Waals surface area contributed by atoms with E-state index in [1.54, 1.807) is 18.2 Å². The van der Waals surface area contributed by atoms with Crippen LogP contribution >= 0.6 is 11.3 Å². The number of rotatable bonds is 3. The number of amides is 1. The molecule has 0 fully saturated rings. The zero-order valence-electron chi connectivity index (χ0n) is 13.1. The lowest BCUT2D eigenvalue weighted by Gasteiger charge is -2.13.